The quantitative estimate of drug-likeness (QED) is 0.884. The van der Waals surface area contributed by atoms with Gasteiger partial charge in [0.1, 0.15) is 11.6 Å². The van der Waals surface area contributed by atoms with Gasteiger partial charge in [0.25, 0.3) is 0 Å². The molecule has 0 saturated carbocycles. The van der Waals surface area contributed by atoms with E-state index in [4.69, 9.17) is 21.4 Å². The molecule has 0 unspecified atom stereocenters. The van der Waals surface area contributed by atoms with Crippen LogP contribution >= 0.6 is 11.6 Å². The Morgan fingerprint density at radius 3 is 2.76 bits per heavy atom. The average molecular weight is 261 g/mol. The molecule has 5 heteroatoms. The van der Waals surface area contributed by atoms with E-state index in [9.17, 15) is 9.18 Å². The van der Waals surface area contributed by atoms with Crippen LogP contribution in [0.5, 0.6) is 5.75 Å². The van der Waals surface area contributed by atoms with Gasteiger partial charge >= 0.3 is 5.97 Å². The molecule has 0 spiro atoms. The zero-order chi connectivity index (χ0) is 13.0. The largest absolute Gasteiger partial charge is 0.495 e. The third kappa shape index (κ3) is 3.33. The molecule has 94 valence electrons. The number of hydrogen-bond donors (Lipinski definition) is 1. The van der Waals surface area contributed by atoms with Crippen molar-refractivity contribution < 1.29 is 19.0 Å². The Labute approximate surface area is 104 Å². The lowest BCUT2D eigenvalue weighted by Gasteiger charge is -2.13. The smallest absolute Gasteiger partial charge is 0.303 e. The van der Waals surface area contributed by atoms with Crippen LogP contribution in [0.3, 0.4) is 0 Å². The number of rotatable bonds is 5. The molecule has 0 saturated heterocycles. The highest BCUT2D eigenvalue weighted by Gasteiger charge is 2.15. The number of carboxylic acid groups (broad SMARTS) is 1. The molecule has 0 fully saturated rings. The number of ether oxygens (including phenoxy) is 1. The lowest BCUT2D eigenvalue weighted by atomic mass is 10.0. The number of hydrogen-bond acceptors (Lipinski definition) is 2. The zero-order valence-corrected chi connectivity index (χ0v) is 10.5. The van der Waals surface area contributed by atoms with E-state index in [1.165, 1.54) is 13.2 Å². The third-order valence-electron chi connectivity index (χ3n) is 2.58. The molecule has 0 amide bonds. The molecular formula is C12H14ClFO3. The first-order chi connectivity index (χ1) is 7.97. The van der Waals surface area contributed by atoms with Crippen molar-refractivity contribution in [3.63, 3.8) is 0 Å². The molecule has 17 heavy (non-hydrogen) atoms. The summed E-state index contributed by atoms with van der Waals surface area (Å²) in [5.41, 5.74) is 1.09. The van der Waals surface area contributed by atoms with Crippen LogP contribution in [0.4, 0.5) is 4.39 Å². The molecule has 0 atom stereocenters. The molecule has 1 aromatic rings. The summed E-state index contributed by atoms with van der Waals surface area (Å²) in [5.74, 6) is -0.846. The first-order valence-corrected chi connectivity index (χ1v) is 5.58. The van der Waals surface area contributed by atoms with E-state index in [0.717, 1.165) is 0 Å². The van der Waals surface area contributed by atoms with Crippen molar-refractivity contribution in [1.29, 1.82) is 0 Å². The summed E-state index contributed by atoms with van der Waals surface area (Å²) in [7, 11) is 1.46. The summed E-state index contributed by atoms with van der Waals surface area (Å²) in [6.45, 7) is 1.63. The maximum Gasteiger partial charge on any atom is 0.303 e. The van der Waals surface area contributed by atoms with Crippen LogP contribution in [-0.2, 0) is 11.2 Å². The molecule has 0 heterocycles. The van der Waals surface area contributed by atoms with E-state index in [-0.39, 0.29) is 11.4 Å². The monoisotopic (exact) mass is 260 g/mol. The summed E-state index contributed by atoms with van der Waals surface area (Å²) in [6.07, 6.45) is 0.891. The first kappa shape index (κ1) is 13.8. The number of benzene rings is 1. The lowest BCUT2D eigenvalue weighted by molar-refractivity contribution is -0.137. The molecule has 1 N–H and O–H groups in total. The van der Waals surface area contributed by atoms with Crippen LogP contribution in [0, 0.1) is 12.7 Å². The molecule has 0 aliphatic heterocycles. The topological polar surface area (TPSA) is 46.5 Å². The summed E-state index contributed by atoms with van der Waals surface area (Å²) in [6, 6.07) is 1.20. The van der Waals surface area contributed by atoms with Crippen LogP contribution in [-0.4, -0.2) is 18.2 Å². The van der Waals surface area contributed by atoms with Crippen LogP contribution in [0.15, 0.2) is 6.07 Å². The van der Waals surface area contributed by atoms with E-state index in [1.54, 1.807) is 6.92 Å². The molecule has 0 bridgehead atoms. The van der Waals surface area contributed by atoms with Gasteiger partial charge in [-0.2, -0.15) is 0 Å². The minimum Gasteiger partial charge on any atom is -0.495 e. The van der Waals surface area contributed by atoms with Crippen molar-refractivity contribution in [3.8, 4) is 5.75 Å². The van der Waals surface area contributed by atoms with Crippen LogP contribution in [0.25, 0.3) is 0 Å². The minimum atomic E-state index is -0.871. The summed E-state index contributed by atoms with van der Waals surface area (Å²) < 4.78 is 18.6. The van der Waals surface area contributed by atoms with E-state index >= 15 is 0 Å². The van der Waals surface area contributed by atoms with Gasteiger partial charge in [0, 0.05) is 12.0 Å². The van der Waals surface area contributed by atoms with Crippen molar-refractivity contribution >= 4 is 17.6 Å². The van der Waals surface area contributed by atoms with Gasteiger partial charge in [-0.25, -0.2) is 4.39 Å². The van der Waals surface area contributed by atoms with Crippen molar-refractivity contribution in [3.05, 3.63) is 28.0 Å². The SMILES string of the molecule is COc1c(Cl)cc(F)c(C)c1CCCC(=O)O. The predicted molar refractivity (Wildman–Crippen MR) is 63.3 cm³/mol. The van der Waals surface area contributed by atoms with E-state index in [0.29, 0.717) is 29.7 Å². The fourth-order valence-corrected chi connectivity index (χ4v) is 1.97. The summed E-state index contributed by atoms with van der Waals surface area (Å²) in [5, 5.41) is 8.77. The third-order valence-corrected chi connectivity index (χ3v) is 2.86. The fraction of sp³-hybridized carbons (Fsp3) is 0.417. The molecule has 0 aromatic heterocycles. The first-order valence-electron chi connectivity index (χ1n) is 5.20. The number of halogens is 2. The van der Waals surface area contributed by atoms with Crippen LogP contribution in [0.2, 0.25) is 5.02 Å². The van der Waals surface area contributed by atoms with Gasteiger partial charge in [-0.15, -0.1) is 0 Å². The molecule has 1 aromatic carbocycles. The second-order valence-corrected chi connectivity index (χ2v) is 4.13. The Balaban J connectivity index is 2.99. The number of methoxy groups -OCH3 is 1. The summed E-state index contributed by atoms with van der Waals surface area (Å²) >= 11 is 5.87. The van der Waals surface area contributed by atoms with E-state index in [1.807, 2.05) is 0 Å². The standard InChI is InChI=1S/C12H14ClFO3/c1-7-8(4-3-5-11(15)16)12(17-2)9(13)6-10(7)14/h6H,3-5H2,1-2H3,(H,15,16). The Morgan fingerprint density at radius 1 is 1.59 bits per heavy atom. The van der Waals surface area contributed by atoms with Gasteiger partial charge in [0.15, 0.2) is 0 Å². The second kappa shape index (κ2) is 5.87. The Hall–Kier alpha value is -1.29. The Kier molecular flexibility index (Phi) is 4.75. The van der Waals surface area contributed by atoms with Crippen LogP contribution < -0.4 is 4.74 Å². The number of aliphatic carboxylic acids is 1. The van der Waals surface area contributed by atoms with Crippen molar-refractivity contribution in [2.75, 3.05) is 7.11 Å². The number of carbonyl (C=O) groups is 1. The van der Waals surface area contributed by atoms with E-state index < -0.39 is 11.8 Å². The zero-order valence-electron chi connectivity index (χ0n) is 9.72. The molecule has 3 nitrogen and oxygen atoms in total. The molecular weight excluding hydrogens is 247 g/mol. The highest BCUT2D eigenvalue weighted by molar-refractivity contribution is 6.32. The van der Waals surface area contributed by atoms with Gasteiger partial charge in [-0.3, -0.25) is 4.79 Å². The van der Waals surface area contributed by atoms with Crippen molar-refractivity contribution in [2.24, 2.45) is 0 Å². The summed E-state index contributed by atoms with van der Waals surface area (Å²) in [4.78, 5) is 10.4. The molecule has 0 radical (unpaired) electrons. The maximum atomic E-state index is 13.5. The van der Waals surface area contributed by atoms with Gasteiger partial charge in [-0.05, 0) is 31.4 Å². The predicted octanol–water partition coefficient (Wildman–Crippen LogP) is 3.20. The van der Waals surface area contributed by atoms with Gasteiger partial charge < -0.3 is 9.84 Å². The minimum absolute atomic E-state index is 0.0384. The van der Waals surface area contributed by atoms with Crippen molar-refractivity contribution in [2.45, 2.75) is 26.2 Å². The lowest BCUT2D eigenvalue weighted by Crippen LogP contribution is -2.02. The van der Waals surface area contributed by atoms with Gasteiger partial charge in [0.05, 0.1) is 12.1 Å². The normalized spacial score (nSPS) is 10.4. The highest BCUT2D eigenvalue weighted by atomic mass is 35.5. The average Bonchev–Trinajstić information content (AvgIpc) is 2.24. The molecule has 0 aliphatic carbocycles. The molecule has 1 rings (SSSR count). The van der Waals surface area contributed by atoms with Gasteiger partial charge in [0.2, 0.25) is 0 Å². The van der Waals surface area contributed by atoms with Gasteiger partial charge in [-0.1, -0.05) is 11.6 Å². The fourth-order valence-electron chi connectivity index (χ4n) is 1.68. The number of carboxylic acids is 1. The molecule has 0 aliphatic rings. The highest BCUT2D eigenvalue weighted by Crippen LogP contribution is 2.33. The van der Waals surface area contributed by atoms with Crippen molar-refractivity contribution in [1.82, 2.24) is 0 Å². The van der Waals surface area contributed by atoms with E-state index in [2.05, 4.69) is 0 Å². The second-order valence-electron chi connectivity index (χ2n) is 3.72. The van der Waals surface area contributed by atoms with Crippen LogP contribution in [0.1, 0.15) is 24.0 Å². The maximum absolute atomic E-state index is 13.5. The Morgan fingerprint density at radius 2 is 2.24 bits per heavy atom. The Bertz CT molecular complexity index is 432.